The van der Waals surface area contributed by atoms with Crippen LogP contribution in [0.2, 0.25) is 0 Å². The van der Waals surface area contributed by atoms with Crippen LogP contribution in [0.15, 0.2) is 59.7 Å². The molecule has 1 rings (SSSR count). The number of allylic oxidation sites excluding steroid dienone is 5. The molecule has 0 heterocycles. The number of aryl methyl sites for hydroxylation is 1. The summed E-state index contributed by atoms with van der Waals surface area (Å²) in [5.74, 6) is -2.99. The average molecular weight is 262 g/mol. The van der Waals surface area contributed by atoms with Gasteiger partial charge in [0.05, 0.1) is 0 Å². The average Bonchev–Trinajstić information content (AvgIpc) is 2.35. The van der Waals surface area contributed by atoms with E-state index >= 15 is 0 Å². The molecule has 0 aliphatic rings. The first-order chi connectivity index (χ1) is 8.80. The molecule has 0 atom stereocenters. The molecule has 19 heavy (non-hydrogen) atoms. The van der Waals surface area contributed by atoms with Crippen LogP contribution in [-0.2, 0) is 5.92 Å². The zero-order valence-electron chi connectivity index (χ0n) is 11.9. The lowest BCUT2D eigenvalue weighted by Crippen LogP contribution is -2.17. The van der Waals surface area contributed by atoms with Crippen LogP contribution in [0.5, 0.6) is 0 Å². The highest BCUT2D eigenvalue weighted by atomic mass is 19.3. The maximum atomic E-state index is 14.6. The van der Waals surface area contributed by atoms with Gasteiger partial charge in [-0.2, -0.15) is 8.78 Å². The summed E-state index contributed by atoms with van der Waals surface area (Å²) in [6, 6.07) is 6.58. The predicted octanol–water partition coefficient (Wildman–Crippen LogP) is 5.56. The first-order valence-corrected chi connectivity index (χ1v) is 6.25. The Kier molecular flexibility index (Phi) is 4.82. The normalized spacial score (nSPS) is 13.6. The highest BCUT2D eigenvalue weighted by molar-refractivity contribution is 5.43. The Balaban J connectivity index is 3.29. The van der Waals surface area contributed by atoms with Gasteiger partial charge in [-0.1, -0.05) is 42.5 Å². The van der Waals surface area contributed by atoms with Gasteiger partial charge >= 0.3 is 0 Å². The van der Waals surface area contributed by atoms with Gasteiger partial charge in [-0.15, -0.1) is 0 Å². The Morgan fingerprint density at radius 3 is 2.26 bits per heavy atom. The molecule has 0 aliphatic heterocycles. The zero-order valence-corrected chi connectivity index (χ0v) is 11.9. The van der Waals surface area contributed by atoms with Gasteiger partial charge in [-0.3, -0.25) is 0 Å². The second kappa shape index (κ2) is 5.96. The molecule has 0 unspecified atom stereocenters. The third kappa shape index (κ3) is 3.40. The minimum Gasteiger partial charge on any atom is -0.196 e. The molecule has 1 aromatic carbocycles. The maximum absolute atomic E-state index is 14.6. The summed E-state index contributed by atoms with van der Waals surface area (Å²) >= 11 is 0. The minimum atomic E-state index is -2.99. The van der Waals surface area contributed by atoms with E-state index in [0.29, 0.717) is 5.56 Å². The quantitative estimate of drug-likeness (QED) is 0.623. The van der Waals surface area contributed by atoms with Gasteiger partial charge in [0.25, 0.3) is 5.92 Å². The molecule has 0 saturated carbocycles. The van der Waals surface area contributed by atoms with E-state index in [0.717, 1.165) is 11.1 Å². The van der Waals surface area contributed by atoms with Crippen LogP contribution < -0.4 is 0 Å². The summed E-state index contributed by atoms with van der Waals surface area (Å²) in [6.45, 7) is 10.7. The van der Waals surface area contributed by atoms with Crippen LogP contribution >= 0.6 is 0 Å². The Labute approximate surface area is 114 Å². The largest absolute Gasteiger partial charge is 0.298 e. The molecule has 0 bridgehead atoms. The van der Waals surface area contributed by atoms with E-state index in [4.69, 9.17) is 0 Å². The number of hydrogen-bond donors (Lipinski definition) is 0. The number of benzene rings is 1. The molecular weight excluding hydrogens is 242 g/mol. The van der Waals surface area contributed by atoms with Crippen molar-refractivity contribution in [2.45, 2.75) is 33.6 Å². The second-order valence-electron chi connectivity index (χ2n) is 4.74. The van der Waals surface area contributed by atoms with E-state index < -0.39 is 5.92 Å². The van der Waals surface area contributed by atoms with Crippen molar-refractivity contribution in [1.82, 2.24) is 0 Å². The smallest absolute Gasteiger partial charge is 0.196 e. The molecule has 0 aliphatic carbocycles. The predicted molar refractivity (Wildman–Crippen MR) is 77.4 cm³/mol. The number of alkyl halides is 2. The second-order valence-corrected chi connectivity index (χ2v) is 4.74. The van der Waals surface area contributed by atoms with Crippen molar-refractivity contribution in [1.29, 1.82) is 0 Å². The van der Waals surface area contributed by atoms with Crippen LogP contribution in [0.4, 0.5) is 8.78 Å². The summed E-state index contributed by atoms with van der Waals surface area (Å²) in [7, 11) is 0. The number of rotatable bonds is 4. The third-order valence-electron chi connectivity index (χ3n) is 3.20. The zero-order chi connectivity index (χ0) is 14.6. The van der Waals surface area contributed by atoms with E-state index in [-0.39, 0.29) is 11.1 Å². The van der Waals surface area contributed by atoms with Gasteiger partial charge in [0, 0.05) is 11.1 Å². The molecule has 2 heteroatoms. The van der Waals surface area contributed by atoms with Crippen molar-refractivity contribution in [3.05, 3.63) is 70.8 Å². The van der Waals surface area contributed by atoms with Crippen LogP contribution in [-0.4, -0.2) is 0 Å². The summed E-state index contributed by atoms with van der Waals surface area (Å²) in [4.78, 5) is 0. The van der Waals surface area contributed by atoms with Gasteiger partial charge in [0.15, 0.2) is 0 Å². The van der Waals surface area contributed by atoms with E-state index in [1.165, 1.54) is 18.2 Å². The summed E-state index contributed by atoms with van der Waals surface area (Å²) in [5, 5.41) is 0. The monoisotopic (exact) mass is 262 g/mol. The van der Waals surface area contributed by atoms with Crippen molar-refractivity contribution in [3.63, 3.8) is 0 Å². The van der Waals surface area contributed by atoms with Crippen LogP contribution in [0.1, 0.15) is 31.9 Å². The first-order valence-electron chi connectivity index (χ1n) is 6.25. The van der Waals surface area contributed by atoms with Gasteiger partial charge in [0.1, 0.15) is 0 Å². The lowest BCUT2D eigenvalue weighted by molar-refractivity contribution is 0.0411. The molecule has 0 nitrogen and oxygen atoms in total. The van der Waals surface area contributed by atoms with Gasteiger partial charge in [0.2, 0.25) is 0 Å². The lowest BCUT2D eigenvalue weighted by Gasteiger charge is -2.21. The van der Waals surface area contributed by atoms with Gasteiger partial charge < -0.3 is 0 Å². The Morgan fingerprint density at radius 1 is 1.21 bits per heavy atom. The van der Waals surface area contributed by atoms with Crippen LogP contribution in [0, 0.1) is 6.92 Å². The van der Waals surface area contributed by atoms with Crippen molar-refractivity contribution < 1.29 is 8.78 Å². The standard InChI is InChI=1S/C17H20F2/c1-6-15(11-14(5)12(2)3)17(18,19)16-10-8-7-9-13(16)4/h6-11H,2H2,1,3-5H3/b14-11-,15-6+. The molecule has 0 radical (unpaired) electrons. The van der Waals surface area contributed by atoms with Gasteiger partial charge in [-0.05, 0) is 44.9 Å². The SMILES string of the molecule is C=C(C)/C(C)=C\C(=C/C)C(F)(F)c1ccccc1C. The molecule has 0 aromatic heterocycles. The fraction of sp³-hybridized carbons (Fsp3) is 0.294. The molecule has 0 saturated heterocycles. The third-order valence-corrected chi connectivity index (χ3v) is 3.20. The fourth-order valence-corrected chi connectivity index (χ4v) is 1.79. The summed E-state index contributed by atoms with van der Waals surface area (Å²) in [6.07, 6.45) is 2.97. The highest BCUT2D eigenvalue weighted by Crippen LogP contribution is 2.38. The van der Waals surface area contributed by atoms with E-state index in [9.17, 15) is 8.78 Å². The molecule has 0 amide bonds. The Bertz CT molecular complexity index is 534. The Hall–Kier alpha value is -1.70. The van der Waals surface area contributed by atoms with Crippen molar-refractivity contribution >= 4 is 0 Å². The minimum absolute atomic E-state index is 0.00213. The van der Waals surface area contributed by atoms with E-state index in [2.05, 4.69) is 6.58 Å². The lowest BCUT2D eigenvalue weighted by atomic mass is 9.94. The van der Waals surface area contributed by atoms with Crippen molar-refractivity contribution in [2.75, 3.05) is 0 Å². The maximum Gasteiger partial charge on any atom is 0.298 e. The van der Waals surface area contributed by atoms with E-state index in [1.807, 2.05) is 6.92 Å². The van der Waals surface area contributed by atoms with Gasteiger partial charge in [-0.25, -0.2) is 0 Å². The first kappa shape index (κ1) is 15.4. The number of hydrogen-bond acceptors (Lipinski definition) is 0. The van der Waals surface area contributed by atoms with Crippen LogP contribution in [0.3, 0.4) is 0 Å². The molecule has 0 fully saturated rings. The summed E-state index contributed by atoms with van der Waals surface area (Å²) < 4.78 is 29.1. The molecule has 102 valence electrons. The summed E-state index contributed by atoms with van der Waals surface area (Å²) in [5.41, 5.74) is 2.20. The van der Waals surface area contributed by atoms with Crippen molar-refractivity contribution in [2.24, 2.45) is 0 Å². The number of halogens is 2. The van der Waals surface area contributed by atoms with E-state index in [1.54, 1.807) is 39.0 Å². The molecular formula is C17H20F2. The fourth-order valence-electron chi connectivity index (χ4n) is 1.79. The topological polar surface area (TPSA) is 0 Å². The van der Waals surface area contributed by atoms with Crippen LogP contribution in [0.25, 0.3) is 0 Å². The molecule has 1 aromatic rings. The molecule has 0 spiro atoms. The highest BCUT2D eigenvalue weighted by Gasteiger charge is 2.35. The van der Waals surface area contributed by atoms with Crippen molar-refractivity contribution in [3.8, 4) is 0 Å². The molecule has 0 N–H and O–H groups in total. The Morgan fingerprint density at radius 2 is 1.79 bits per heavy atom.